The molecular formula is C16H19ClN2O2. The summed E-state index contributed by atoms with van der Waals surface area (Å²) in [4.78, 5) is 11.9. The highest BCUT2D eigenvalue weighted by atomic mass is 35.5. The van der Waals surface area contributed by atoms with Gasteiger partial charge in [-0.25, -0.2) is 0 Å². The largest absolute Gasteiger partial charge is 0.486 e. The molecule has 0 aliphatic rings. The maximum Gasteiger partial charge on any atom is 0.176 e. The Labute approximate surface area is 129 Å². The van der Waals surface area contributed by atoms with Gasteiger partial charge in [0.2, 0.25) is 0 Å². The first kappa shape index (κ1) is 15.6. The van der Waals surface area contributed by atoms with E-state index in [1.807, 2.05) is 16.9 Å². The lowest BCUT2D eigenvalue weighted by molar-refractivity contribution is -0.120. The number of ether oxygens (including phenoxy) is 1. The third-order valence-electron chi connectivity index (χ3n) is 3.28. The number of aromatic nitrogens is 2. The summed E-state index contributed by atoms with van der Waals surface area (Å²) in [5, 5.41) is 5.00. The van der Waals surface area contributed by atoms with E-state index < -0.39 is 0 Å². The summed E-state index contributed by atoms with van der Waals surface area (Å²) in [7, 11) is 0. The summed E-state index contributed by atoms with van der Waals surface area (Å²) in [5.41, 5.74) is 0.773. The Morgan fingerprint density at radius 3 is 2.95 bits per heavy atom. The molecule has 0 fully saturated rings. The Kier molecular flexibility index (Phi) is 5.39. The second-order valence-corrected chi connectivity index (χ2v) is 5.44. The molecule has 0 radical (unpaired) electrons. The van der Waals surface area contributed by atoms with Crippen LogP contribution in [-0.4, -0.2) is 22.2 Å². The Morgan fingerprint density at radius 2 is 2.24 bits per heavy atom. The number of rotatable bonds is 7. The van der Waals surface area contributed by atoms with E-state index in [0.29, 0.717) is 16.8 Å². The molecule has 0 N–H and O–H groups in total. The molecule has 1 aromatic carbocycles. The lowest BCUT2D eigenvalue weighted by Gasteiger charge is -2.08. The fraction of sp³-hybridized carbons (Fsp3) is 0.375. The molecule has 0 aliphatic heterocycles. The molecule has 1 aromatic heterocycles. The average Bonchev–Trinajstić information content (AvgIpc) is 2.93. The minimum atomic E-state index is -0.00984. The van der Waals surface area contributed by atoms with Gasteiger partial charge in [0.25, 0.3) is 0 Å². The van der Waals surface area contributed by atoms with Crippen LogP contribution in [0.4, 0.5) is 0 Å². The van der Waals surface area contributed by atoms with Crippen LogP contribution in [-0.2, 0) is 11.2 Å². The van der Waals surface area contributed by atoms with Gasteiger partial charge in [-0.15, -0.1) is 0 Å². The van der Waals surface area contributed by atoms with Gasteiger partial charge in [0, 0.05) is 17.3 Å². The topological polar surface area (TPSA) is 44.1 Å². The van der Waals surface area contributed by atoms with Crippen LogP contribution < -0.4 is 4.74 Å². The number of halogens is 1. The SMILES string of the molecule is CCC(C)n1ccc(CC(=O)COc2cccc(Cl)c2)n1. The summed E-state index contributed by atoms with van der Waals surface area (Å²) in [6, 6.07) is 9.23. The van der Waals surface area contributed by atoms with E-state index in [1.165, 1.54) is 0 Å². The van der Waals surface area contributed by atoms with Crippen molar-refractivity contribution in [1.29, 1.82) is 0 Å². The van der Waals surface area contributed by atoms with E-state index >= 15 is 0 Å². The summed E-state index contributed by atoms with van der Waals surface area (Å²) in [5.74, 6) is 0.588. The summed E-state index contributed by atoms with van der Waals surface area (Å²) in [6.07, 6.45) is 3.20. The molecule has 2 rings (SSSR count). The van der Waals surface area contributed by atoms with Crippen molar-refractivity contribution in [2.75, 3.05) is 6.61 Å². The third kappa shape index (κ3) is 4.60. The molecule has 4 nitrogen and oxygen atoms in total. The summed E-state index contributed by atoms with van der Waals surface area (Å²) in [6.45, 7) is 4.23. The highest BCUT2D eigenvalue weighted by molar-refractivity contribution is 6.30. The van der Waals surface area contributed by atoms with E-state index in [-0.39, 0.29) is 18.8 Å². The standard InChI is InChI=1S/C16H19ClN2O2/c1-3-12(2)19-8-7-14(18-19)10-15(20)11-21-16-6-4-5-13(17)9-16/h4-9,12H,3,10-11H2,1-2H3. The maximum atomic E-state index is 11.9. The Bertz CT molecular complexity index is 610. The van der Waals surface area contributed by atoms with Gasteiger partial charge in [-0.1, -0.05) is 24.6 Å². The van der Waals surface area contributed by atoms with Crippen LogP contribution in [0, 0.1) is 0 Å². The van der Waals surface area contributed by atoms with Crippen LogP contribution in [0.15, 0.2) is 36.5 Å². The third-order valence-corrected chi connectivity index (χ3v) is 3.52. The number of carbonyl (C=O) groups is 1. The molecular weight excluding hydrogens is 288 g/mol. The monoisotopic (exact) mass is 306 g/mol. The molecule has 0 bridgehead atoms. The molecule has 0 amide bonds. The lowest BCUT2D eigenvalue weighted by atomic mass is 10.2. The first-order valence-corrected chi connectivity index (χ1v) is 7.40. The molecule has 0 aliphatic carbocycles. The second kappa shape index (κ2) is 7.27. The van der Waals surface area contributed by atoms with Crippen molar-refractivity contribution in [2.45, 2.75) is 32.7 Å². The fourth-order valence-electron chi connectivity index (χ4n) is 1.88. The van der Waals surface area contributed by atoms with Gasteiger partial charge in [0.15, 0.2) is 5.78 Å². The van der Waals surface area contributed by atoms with Gasteiger partial charge in [-0.05, 0) is 37.6 Å². The number of ketones is 1. The fourth-order valence-corrected chi connectivity index (χ4v) is 2.06. The second-order valence-electron chi connectivity index (χ2n) is 5.01. The van der Waals surface area contributed by atoms with Gasteiger partial charge >= 0.3 is 0 Å². The zero-order chi connectivity index (χ0) is 15.2. The van der Waals surface area contributed by atoms with Crippen molar-refractivity contribution in [3.8, 4) is 5.75 Å². The van der Waals surface area contributed by atoms with E-state index in [2.05, 4.69) is 18.9 Å². The predicted molar refractivity (Wildman–Crippen MR) is 82.9 cm³/mol. The highest BCUT2D eigenvalue weighted by Gasteiger charge is 2.10. The maximum absolute atomic E-state index is 11.9. The normalized spacial score (nSPS) is 12.1. The van der Waals surface area contributed by atoms with Crippen molar-refractivity contribution in [3.63, 3.8) is 0 Å². The minimum absolute atomic E-state index is 0.00984. The number of benzene rings is 1. The van der Waals surface area contributed by atoms with Crippen molar-refractivity contribution >= 4 is 17.4 Å². The first-order valence-electron chi connectivity index (χ1n) is 7.02. The smallest absolute Gasteiger partial charge is 0.176 e. The van der Waals surface area contributed by atoms with Gasteiger partial charge in [0.1, 0.15) is 12.4 Å². The number of hydrogen-bond acceptors (Lipinski definition) is 3. The zero-order valence-corrected chi connectivity index (χ0v) is 13.0. The number of Topliss-reactive ketones (excluding diaryl/α,β-unsaturated/α-hetero) is 1. The Balaban J connectivity index is 1.86. The van der Waals surface area contributed by atoms with Gasteiger partial charge in [0.05, 0.1) is 12.1 Å². The summed E-state index contributed by atoms with van der Waals surface area (Å²) < 4.78 is 7.32. The van der Waals surface area contributed by atoms with Crippen LogP contribution in [0.2, 0.25) is 5.02 Å². The molecule has 1 atom stereocenters. The highest BCUT2D eigenvalue weighted by Crippen LogP contribution is 2.17. The van der Waals surface area contributed by atoms with Crippen LogP contribution in [0.1, 0.15) is 32.0 Å². The first-order chi connectivity index (χ1) is 10.1. The lowest BCUT2D eigenvalue weighted by Crippen LogP contribution is -2.14. The summed E-state index contributed by atoms with van der Waals surface area (Å²) >= 11 is 5.86. The molecule has 0 saturated carbocycles. The van der Waals surface area contributed by atoms with Crippen LogP contribution in [0.5, 0.6) is 5.75 Å². The van der Waals surface area contributed by atoms with Gasteiger partial charge in [-0.2, -0.15) is 5.10 Å². The predicted octanol–water partition coefficient (Wildman–Crippen LogP) is 3.70. The zero-order valence-electron chi connectivity index (χ0n) is 12.3. The molecule has 112 valence electrons. The molecule has 0 spiro atoms. The molecule has 0 saturated heterocycles. The quantitative estimate of drug-likeness (QED) is 0.783. The van der Waals surface area contributed by atoms with Gasteiger partial charge < -0.3 is 4.74 Å². The van der Waals surface area contributed by atoms with Gasteiger partial charge in [-0.3, -0.25) is 9.48 Å². The molecule has 5 heteroatoms. The van der Waals surface area contributed by atoms with Crippen molar-refractivity contribution < 1.29 is 9.53 Å². The molecule has 21 heavy (non-hydrogen) atoms. The average molecular weight is 307 g/mol. The van der Waals surface area contributed by atoms with E-state index in [9.17, 15) is 4.79 Å². The van der Waals surface area contributed by atoms with Crippen molar-refractivity contribution in [3.05, 3.63) is 47.2 Å². The Hall–Kier alpha value is -1.81. The van der Waals surface area contributed by atoms with E-state index in [4.69, 9.17) is 16.3 Å². The van der Waals surface area contributed by atoms with Crippen LogP contribution >= 0.6 is 11.6 Å². The van der Waals surface area contributed by atoms with E-state index in [0.717, 1.165) is 12.1 Å². The number of nitrogens with zero attached hydrogens (tertiary/aromatic N) is 2. The van der Waals surface area contributed by atoms with Crippen LogP contribution in [0.25, 0.3) is 0 Å². The molecule has 1 unspecified atom stereocenters. The Morgan fingerprint density at radius 1 is 1.43 bits per heavy atom. The number of hydrogen-bond donors (Lipinski definition) is 0. The minimum Gasteiger partial charge on any atom is -0.486 e. The molecule has 1 heterocycles. The van der Waals surface area contributed by atoms with Crippen LogP contribution in [0.3, 0.4) is 0 Å². The van der Waals surface area contributed by atoms with E-state index in [1.54, 1.807) is 24.3 Å². The number of carbonyl (C=O) groups excluding carboxylic acids is 1. The van der Waals surface area contributed by atoms with Crippen molar-refractivity contribution in [2.24, 2.45) is 0 Å². The van der Waals surface area contributed by atoms with Crippen molar-refractivity contribution in [1.82, 2.24) is 9.78 Å². The molecule has 2 aromatic rings.